The lowest BCUT2D eigenvalue weighted by molar-refractivity contribution is 0.0492. The van der Waals surface area contributed by atoms with Crippen LogP contribution in [-0.2, 0) is 17.7 Å². The molecule has 0 aromatic heterocycles. The van der Waals surface area contributed by atoms with Crippen molar-refractivity contribution in [2.24, 2.45) is 0 Å². The number of hydrogen-bond donors (Lipinski definition) is 0. The normalized spacial score (nSPS) is 16.8. The Labute approximate surface area is 153 Å². The van der Waals surface area contributed by atoms with Crippen LogP contribution in [0.5, 0.6) is 0 Å². The number of hydrogen-bond acceptors (Lipinski definition) is 4. The Balaban J connectivity index is 5.75. The van der Waals surface area contributed by atoms with E-state index in [9.17, 15) is 0 Å². The minimum absolute atomic E-state index is 0.331. The second kappa shape index (κ2) is 8.28. The molecule has 0 saturated carbocycles. The monoisotopic (exact) mass is 392 g/mol. The van der Waals surface area contributed by atoms with Gasteiger partial charge in [-0.15, -0.1) is 6.58 Å². The lowest BCUT2D eigenvalue weighted by atomic mass is 10.3. The summed E-state index contributed by atoms with van der Waals surface area (Å²) in [5, 5.41) is -0.746. The van der Waals surface area contributed by atoms with Gasteiger partial charge in [-0.1, -0.05) is 19.5 Å². The van der Waals surface area contributed by atoms with Crippen LogP contribution in [0.1, 0.15) is 41.0 Å². The molecular formula is C17H40O4Si3. The molecule has 0 N–H and O–H groups in total. The van der Waals surface area contributed by atoms with Crippen molar-refractivity contribution in [1.82, 2.24) is 0 Å². The van der Waals surface area contributed by atoms with Crippen molar-refractivity contribution in [1.29, 1.82) is 0 Å². The fourth-order valence-corrected chi connectivity index (χ4v) is 12.1. The molecule has 0 spiro atoms. The van der Waals surface area contributed by atoms with Crippen LogP contribution in [0.25, 0.3) is 0 Å². The second-order valence-corrected chi connectivity index (χ2v) is 20.5. The van der Waals surface area contributed by atoms with Gasteiger partial charge in [0.05, 0.1) is 10.4 Å². The summed E-state index contributed by atoms with van der Waals surface area (Å²) in [6.07, 6.45) is 0.851. The van der Waals surface area contributed by atoms with Gasteiger partial charge >= 0.3 is 8.56 Å². The Morgan fingerprint density at radius 2 is 1.38 bits per heavy atom. The molecule has 0 aromatic rings. The molecule has 1 atom stereocenters. The molecule has 1 unspecified atom stereocenters. The van der Waals surface area contributed by atoms with Crippen molar-refractivity contribution in [3.8, 4) is 0 Å². The first-order chi connectivity index (χ1) is 10.7. The van der Waals surface area contributed by atoms with Gasteiger partial charge < -0.3 is 17.7 Å². The predicted octanol–water partition coefficient (Wildman–Crippen LogP) is 4.94. The zero-order valence-electron chi connectivity index (χ0n) is 17.8. The molecule has 0 radical (unpaired) electrons. The predicted molar refractivity (Wildman–Crippen MR) is 110 cm³/mol. The summed E-state index contributed by atoms with van der Waals surface area (Å²) in [5.74, 6) is 0. The quantitative estimate of drug-likeness (QED) is 0.467. The topological polar surface area (TPSA) is 36.9 Å². The van der Waals surface area contributed by atoms with Crippen LogP contribution in [0.15, 0.2) is 12.3 Å². The van der Waals surface area contributed by atoms with Gasteiger partial charge in [-0.25, -0.2) is 0 Å². The van der Waals surface area contributed by atoms with Gasteiger partial charge in [-0.3, -0.25) is 0 Å². The van der Waals surface area contributed by atoms with E-state index in [2.05, 4.69) is 67.4 Å². The standard InChI is InChI=1S/C17H40O4Si3/c1-13-17(6,24(15-3,18-7)19-8)21-23(11,12)16(4,5)20-22(9,10)14-2/h14H,2,13,15H2,1,3-12H3. The van der Waals surface area contributed by atoms with Crippen LogP contribution >= 0.6 is 0 Å². The van der Waals surface area contributed by atoms with E-state index in [1.807, 2.05) is 5.70 Å². The third-order valence-corrected chi connectivity index (χ3v) is 16.3. The minimum Gasteiger partial charge on any atom is -0.408 e. The highest BCUT2D eigenvalue weighted by molar-refractivity contribution is 6.80. The maximum atomic E-state index is 6.88. The summed E-state index contributed by atoms with van der Waals surface area (Å²) in [6, 6.07) is 0.850. The average Bonchev–Trinajstić information content (AvgIpc) is 2.47. The lowest BCUT2D eigenvalue weighted by Crippen LogP contribution is -2.68. The Bertz CT molecular complexity index is 412. The maximum Gasteiger partial charge on any atom is 0.368 e. The first kappa shape index (κ1) is 24.2. The highest BCUT2D eigenvalue weighted by Crippen LogP contribution is 2.39. The van der Waals surface area contributed by atoms with Crippen molar-refractivity contribution >= 4 is 25.2 Å². The van der Waals surface area contributed by atoms with Crippen LogP contribution in [0, 0.1) is 0 Å². The van der Waals surface area contributed by atoms with Gasteiger partial charge in [0.25, 0.3) is 0 Å². The van der Waals surface area contributed by atoms with Gasteiger partial charge in [0.15, 0.2) is 0 Å². The van der Waals surface area contributed by atoms with Crippen molar-refractivity contribution < 1.29 is 17.7 Å². The third-order valence-electron chi connectivity index (χ3n) is 5.55. The van der Waals surface area contributed by atoms with E-state index in [1.54, 1.807) is 14.2 Å². The molecule has 0 saturated heterocycles. The van der Waals surface area contributed by atoms with Crippen LogP contribution in [0.2, 0.25) is 32.2 Å². The number of rotatable bonds is 11. The minimum atomic E-state index is -2.48. The third kappa shape index (κ3) is 4.90. The SMILES string of the molecule is C=C[Si](C)(C)OC(C)(C)[Si](C)(C)OC(C)(CC)[Si](CC)(OC)OC. The van der Waals surface area contributed by atoms with E-state index in [4.69, 9.17) is 17.7 Å². The Morgan fingerprint density at radius 3 is 1.67 bits per heavy atom. The van der Waals surface area contributed by atoms with Gasteiger partial charge in [0.1, 0.15) is 0 Å². The summed E-state index contributed by atoms with van der Waals surface area (Å²) in [6.45, 7) is 23.5. The van der Waals surface area contributed by atoms with E-state index < -0.39 is 30.4 Å². The van der Waals surface area contributed by atoms with E-state index >= 15 is 0 Å². The fraction of sp³-hybridized carbons (Fsp3) is 0.882. The van der Waals surface area contributed by atoms with E-state index in [0.717, 1.165) is 12.5 Å². The van der Waals surface area contributed by atoms with Crippen molar-refractivity contribution in [3.05, 3.63) is 12.3 Å². The largest absolute Gasteiger partial charge is 0.408 e. The Hall–Kier alpha value is 0.231. The van der Waals surface area contributed by atoms with Crippen LogP contribution in [-0.4, -0.2) is 49.9 Å². The van der Waals surface area contributed by atoms with Crippen molar-refractivity contribution in [2.75, 3.05) is 14.2 Å². The molecule has 144 valence electrons. The first-order valence-corrected chi connectivity index (χ1v) is 16.8. The molecule has 0 heterocycles. The molecule has 0 bridgehead atoms. The summed E-state index contributed by atoms with van der Waals surface area (Å²) in [5.41, 5.74) is 1.98. The average molecular weight is 393 g/mol. The highest BCUT2D eigenvalue weighted by atomic mass is 28.4. The lowest BCUT2D eigenvalue weighted by Gasteiger charge is -2.51. The van der Waals surface area contributed by atoms with E-state index in [-0.39, 0.29) is 5.22 Å². The van der Waals surface area contributed by atoms with Gasteiger partial charge in [-0.2, -0.15) is 0 Å². The highest BCUT2D eigenvalue weighted by Gasteiger charge is 2.58. The molecule has 0 amide bonds. The molecule has 0 aromatic carbocycles. The summed E-state index contributed by atoms with van der Waals surface area (Å²) in [4.78, 5) is 0. The molecule has 4 nitrogen and oxygen atoms in total. The van der Waals surface area contributed by atoms with Crippen molar-refractivity contribution in [2.45, 2.75) is 83.7 Å². The van der Waals surface area contributed by atoms with Gasteiger partial charge in [-0.05, 0) is 59.4 Å². The zero-order chi connectivity index (χ0) is 19.4. The molecule has 0 rings (SSSR count). The van der Waals surface area contributed by atoms with Crippen LogP contribution in [0.4, 0.5) is 0 Å². The first-order valence-electron chi connectivity index (χ1n) is 8.86. The molecule has 0 aliphatic rings. The van der Waals surface area contributed by atoms with E-state index in [1.165, 1.54) is 0 Å². The second-order valence-electron chi connectivity index (χ2n) is 8.13. The summed E-state index contributed by atoms with van der Waals surface area (Å²) in [7, 11) is -3.12. The van der Waals surface area contributed by atoms with Gasteiger partial charge in [0.2, 0.25) is 16.6 Å². The molecule has 0 aliphatic carbocycles. The van der Waals surface area contributed by atoms with Crippen LogP contribution < -0.4 is 0 Å². The summed E-state index contributed by atoms with van der Waals surface area (Å²) >= 11 is 0. The molecule has 0 aliphatic heterocycles. The maximum absolute atomic E-state index is 6.88. The Kier molecular flexibility index (Phi) is 8.36. The molecular weight excluding hydrogens is 352 g/mol. The smallest absolute Gasteiger partial charge is 0.368 e. The van der Waals surface area contributed by atoms with Crippen molar-refractivity contribution in [3.63, 3.8) is 0 Å². The van der Waals surface area contributed by atoms with Crippen LogP contribution in [0.3, 0.4) is 0 Å². The molecule has 24 heavy (non-hydrogen) atoms. The fourth-order valence-electron chi connectivity index (χ4n) is 3.11. The molecule has 7 heteroatoms. The zero-order valence-corrected chi connectivity index (χ0v) is 20.8. The van der Waals surface area contributed by atoms with E-state index in [0.29, 0.717) is 0 Å². The molecule has 0 fully saturated rings. The van der Waals surface area contributed by atoms with Gasteiger partial charge in [0, 0.05) is 14.2 Å². The Morgan fingerprint density at radius 1 is 0.917 bits per heavy atom. The summed E-state index contributed by atoms with van der Waals surface area (Å²) < 4.78 is 25.3.